The molecule has 1 atom stereocenters. The third kappa shape index (κ3) is 4.18. The predicted octanol–water partition coefficient (Wildman–Crippen LogP) is 1.11. The largest absolute Gasteiger partial charge is 0.398 e. The number of hydrogen-bond acceptors (Lipinski definition) is 4. The molecule has 0 bridgehead atoms. The summed E-state index contributed by atoms with van der Waals surface area (Å²) in [6.07, 6.45) is -0.249. The van der Waals surface area contributed by atoms with Crippen molar-refractivity contribution in [1.82, 2.24) is 5.32 Å². The molecule has 1 rings (SSSR count). The molecule has 0 heterocycles. The third-order valence-corrected chi connectivity index (χ3v) is 2.82. The second-order valence-corrected chi connectivity index (χ2v) is 4.20. The summed E-state index contributed by atoms with van der Waals surface area (Å²) in [4.78, 5) is 11.9. The van der Waals surface area contributed by atoms with Gasteiger partial charge in [0.15, 0.2) is 0 Å². The van der Waals surface area contributed by atoms with Crippen LogP contribution in [0.4, 0.5) is 10.1 Å². The standard InChI is InChI=1S/C13H19FN2O3/c1-8-11(14)4-9(5-12(8)15)13(17)16-6-10(19-3)7-18-2/h4-5,10H,6-7,15H2,1-3H3,(H,16,17). The SMILES string of the molecule is COCC(CNC(=O)c1cc(N)c(C)c(F)c1)OC. The number of nitrogens with two attached hydrogens (primary N) is 1. The fraction of sp³-hybridized carbons (Fsp3) is 0.462. The summed E-state index contributed by atoms with van der Waals surface area (Å²) >= 11 is 0. The van der Waals surface area contributed by atoms with Crippen molar-refractivity contribution in [2.75, 3.05) is 33.1 Å². The number of methoxy groups -OCH3 is 2. The van der Waals surface area contributed by atoms with Crippen LogP contribution in [0, 0.1) is 12.7 Å². The molecule has 19 heavy (non-hydrogen) atoms. The average Bonchev–Trinajstić information content (AvgIpc) is 2.39. The van der Waals surface area contributed by atoms with E-state index in [2.05, 4.69) is 5.32 Å². The summed E-state index contributed by atoms with van der Waals surface area (Å²) in [5.41, 5.74) is 6.41. The van der Waals surface area contributed by atoms with Crippen LogP contribution in [0.25, 0.3) is 0 Å². The van der Waals surface area contributed by atoms with E-state index in [1.54, 1.807) is 14.0 Å². The van der Waals surface area contributed by atoms with Crippen LogP contribution < -0.4 is 11.1 Å². The average molecular weight is 270 g/mol. The normalized spacial score (nSPS) is 12.2. The lowest BCUT2D eigenvalue weighted by Gasteiger charge is -2.15. The van der Waals surface area contributed by atoms with Gasteiger partial charge >= 0.3 is 0 Å². The maximum Gasteiger partial charge on any atom is 0.251 e. The van der Waals surface area contributed by atoms with Crippen LogP contribution in [0.5, 0.6) is 0 Å². The van der Waals surface area contributed by atoms with Gasteiger partial charge in [0.1, 0.15) is 5.82 Å². The van der Waals surface area contributed by atoms with Gasteiger partial charge in [-0.25, -0.2) is 4.39 Å². The predicted molar refractivity (Wildman–Crippen MR) is 70.6 cm³/mol. The fourth-order valence-electron chi connectivity index (χ4n) is 1.54. The zero-order valence-corrected chi connectivity index (χ0v) is 11.3. The van der Waals surface area contributed by atoms with Crippen LogP contribution in [-0.4, -0.2) is 39.4 Å². The lowest BCUT2D eigenvalue weighted by molar-refractivity contribution is 0.0285. The molecule has 0 saturated heterocycles. The molecule has 0 spiro atoms. The van der Waals surface area contributed by atoms with E-state index in [0.29, 0.717) is 12.2 Å². The minimum atomic E-state index is -0.495. The van der Waals surface area contributed by atoms with E-state index in [1.165, 1.54) is 19.2 Å². The van der Waals surface area contributed by atoms with Gasteiger partial charge in [-0.1, -0.05) is 0 Å². The van der Waals surface area contributed by atoms with Crippen LogP contribution >= 0.6 is 0 Å². The summed E-state index contributed by atoms with van der Waals surface area (Å²) in [6.45, 7) is 2.20. The smallest absolute Gasteiger partial charge is 0.251 e. The molecule has 0 aliphatic rings. The first-order valence-corrected chi connectivity index (χ1v) is 5.85. The molecule has 1 amide bonds. The van der Waals surface area contributed by atoms with Crippen molar-refractivity contribution >= 4 is 11.6 Å². The molecule has 1 aromatic rings. The van der Waals surface area contributed by atoms with Crippen molar-refractivity contribution in [3.05, 3.63) is 29.1 Å². The number of ether oxygens (including phenoxy) is 2. The van der Waals surface area contributed by atoms with Gasteiger partial charge in [-0.05, 0) is 19.1 Å². The molecule has 0 radical (unpaired) electrons. The Morgan fingerprint density at radius 2 is 2.16 bits per heavy atom. The van der Waals surface area contributed by atoms with Gasteiger partial charge in [-0.3, -0.25) is 4.79 Å². The first kappa shape index (κ1) is 15.4. The topological polar surface area (TPSA) is 73.6 Å². The first-order valence-electron chi connectivity index (χ1n) is 5.85. The molecule has 106 valence electrons. The minimum absolute atomic E-state index is 0.188. The lowest BCUT2D eigenvalue weighted by Crippen LogP contribution is -2.35. The van der Waals surface area contributed by atoms with Crippen LogP contribution in [-0.2, 0) is 9.47 Å². The number of halogens is 1. The van der Waals surface area contributed by atoms with Crippen molar-refractivity contribution in [2.24, 2.45) is 0 Å². The highest BCUT2D eigenvalue weighted by Gasteiger charge is 2.13. The van der Waals surface area contributed by atoms with Gasteiger partial charge < -0.3 is 20.5 Å². The molecule has 6 heteroatoms. The van der Waals surface area contributed by atoms with Gasteiger partial charge in [0.05, 0.1) is 12.7 Å². The minimum Gasteiger partial charge on any atom is -0.398 e. The molecule has 0 fully saturated rings. The molecule has 0 aliphatic heterocycles. The van der Waals surface area contributed by atoms with Gasteiger partial charge in [-0.15, -0.1) is 0 Å². The number of carbonyl (C=O) groups excluding carboxylic acids is 1. The Hall–Kier alpha value is -1.66. The number of nitrogen functional groups attached to an aromatic ring is 1. The maximum atomic E-state index is 13.5. The van der Waals surface area contributed by atoms with E-state index in [9.17, 15) is 9.18 Å². The fourth-order valence-corrected chi connectivity index (χ4v) is 1.54. The summed E-state index contributed by atoms with van der Waals surface area (Å²) in [6, 6.07) is 2.62. The summed E-state index contributed by atoms with van der Waals surface area (Å²) in [5.74, 6) is -0.894. The highest BCUT2D eigenvalue weighted by atomic mass is 19.1. The number of hydrogen-bond donors (Lipinski definition) is 2. The molecule has 0 aliphatic carbocycles. The quantitative estimate of drug-likeness (QED) is 0.759. The van der Waals surface area contributed by atoms with E-state index in [4.69, 9.17) is 15.2 Å². The highest BCUT2D eigenvalue weighted by molar-refractivity contribution is 5.95. The van der Waals surface area contributed by atoms with E-state index in [1.807, 2.05) is 0 Å². The van der Waals surface area contributed by atoms with Crippen LogP contribution in [0.2, 0.25) is 0 Å². The van der Waals surface area contributed by atoms with Crippen LogP contribution in [0.15, 0.2) is 12.1 Å². The van der Waals surface area contributed by atoms with Crippen molar-refractivity contribution in [2.45, 2.75) is 13.0 Å². The first-order chi connectivity index (χ1) is 8.99. The molecule has 1 unspecified atom stereocenters. The number of carbonyl (C=O) groups is 1. The molecular formula is C13H19FN2O3. The number of benzene rings is 1. The molecule has 1 aromatic carbocycles. The Kier molecular flexibility index (Phi) is 5.72. The Balaban J connectivity index is 2.68. The number of amides is 1. The van der Waals surface area contributed by atoms with E-state index in [0.717, 1.165) is 0 Å². The van der Waals surface area contributed by atoms with Crippen LogP contribution in [0.3, 0.4) is 0 Å². The molecule has 0 saturated carbocycles. The number of nitrogens with one attached hydrogen (secondary N) is 1. The van der Waals surface area contributed by atoms with Gasteiger partial charge in [0.2, 0.25) is 0 Å². The van der Waals surface area contributed by atoms with Crippen molar-refractivity contribution in [3.8, 4) is 0 Å². The monoisotopic (exact) mass is 270 g/mol. The van der Waals surface area contributed by atoms with Crippen molar-refractivity contribution in [1.29, 1.82) is 0 Å². The second-order valence-electron chi connectivity index (χ2n) is 4.20. The molecule has 5 nitrogen and oxygen atoms in total. The Bertz CT molecular complexity index is 429. The van der Waals surface area contributed by atoms with Gasteiger partial charge in [-0.2, -0.15) is 0 Å². The number of anilines is 1. The summed E-state index contributed by atoms with van der Waals surface area (Å²) < 4.78 is 23.5. The van der Waals surface area contributed by atoms with E-state index < -0.39 is 11.7 Å². The van der Waals surface area contributed by atoms with Crippen molar-refractivity contribution in [3.63, 3.8) is 0 Å². The zero-order valence-electron chi connectivity index (χ0n) is 11.3. The summed E-state index contributed by atoms with van der Waals surface area (Å²) in [7, 11) is 3.07. The van der Waals surface area contributed by atoms with Crippen molar-refractivity contribution < 1.29 is 18.7 Å². The Morgan fingerprint density at radius 1 is 1.47 bits per heavy atom. The second kappa shape index (κ2) is 7.06. The summed E-state index contributed by atoms with van der Waals surface area (Å²) in [5, 5.41) is 2.64. The Labute approximate surface area is 111 Å². The Morgan fingerprint density at radius 3 is 2.68 bits per heavy atom. The van der Waals surface area contributed by atoms with Crippen LogP contribution in [0.1, 0.15) is 15.9 Å². The van der Waals surface area contributed by atoms with E-state index >= 15 is 0 Å². The number of rotatable bonds is 6. The molecule has 0 aromatic heterocycles. The van der Waals surface area contributed by atoms with Gasteiger partial charge in [0.25, 0.3) is 5.91 Å². The van der Waals surface area contributed by atoms with E-state index in [-0.39, 0.29) is 23.9 Å². The zero-order chi connectivity index (χ0) is 14.4. The van der Waals surface area contributed by atoms with Gasteiger partial charge in [0, 0.05) is 37.6 Å². The highest BCUT2D eigenvalue weighted by Crippen LogP contribution is 2.17. The maximum absolute atomic E-state index is 13.5. The lowest BCUT2D eigenvalue weighted by atomic mass is 10.1. The molecule has 3 N–H and O–H groups in total. The third-order valence-electron chi connectivity index (χ3n) is 2.82. The molecular weight excluding hydrogens is 251 g/mol.